The molecule has 2 aliphatic rings. The van der Waals surface area contributed by atoms with E-state index in [4.69, 9.17) is 9.47 Å². The molecule has 0 bridgehead atoms. The molecule has 1 saturated heterocycles. The Kier molecular flexibility index (Phi) is 2.93. The normalized spacial score (nSPS) is 27.4. The highest BCUT2D eigenvalue weighted by molar-refractivity contribution is 5.58. The van der Waals surface area contributed by atoms with Crippen LogP contribution in [0.25, 0.3) is 0 Å². The summed E-state index contributed by atoms with van der Waals surface area (Å²) in [5, 5.41) is 3.46. The van der Waals surface area contributed by atoms with Crippen molar-refractivity contribution in [1.29, 1.82) is 0 Å². The molecule has 0 amide bonds. The Morgan fingerprint density at radius 2 is 2.29 bits per heavy atom. The van der Waals surface area contributed by atoms with E-state index in [1.54, 1.807) is 7.11 Å². The minimum atomic E-state index is 0.406. The van der Waals surface area contributed by atoms with Crippen molar-refractivity contribution >= 4 is 5.69 Å². The Balaban J connectivity index is 1.93. The van der Waals surface area contributed by atoms with Gasteiger partial charge in [-0.25, -0.2) is 0 Å². The summed E-state index contributed by atoms with van der Waals surface area (Å²) in [6, 6.07) is 6.30. The minimum Gasteiger partial charge on any atom is -0.497 e. The molecule has 0 saturated carbocycles. The third-order valence-electron chi connectivity index (χ3n) is 3.84. The fourth-order valence-electron chi connectivity index (χ4n) is 2.96. The van der Waals surface area contributed by atoms with Crippen LogP contribution >= 0.6 is 0 Å². The SMILES string of the molecule is COc1ccc2c(c1)C(C1CCCO1)CCN2. The van der Waals surface area contributed by atoms with Crippen LogP contribution in [0.1, 0.15) is 30.7 Å². The summed E-state index contributed by atoms with van der Waals surface area (Å²) < 4.78 is 11.2. The Morgan fingerprint density at radius 3 is 3.06 bits per heavy atom. The molecule has 1 fully saturated rings. The van der Waals surface area contributed by atoms with Crippen molar-refractivity contribution in [2.24, 2.45) is 0 Å². The van der Waals surface area contributed by atoms with Crippen molar-refractivity contribution < 1.29 is 9.47 Å². The monoisotopic (exact) mass is 233 g/mol. The van der Waals surface area contributed by atoms with Crippen LogP contribution in [-0.4, -0.2) is 26.4 Å². The molecule has 17 heavy (non-hydrogen) atoms. The second kappa shape index (κ2) is 4.57. The fraction of sp³-hybridized carbons (Fsp3) is 0.571. The van der Waals surface area contributed by atoms with Crippen molar-refractivity contribution in [3.63, 3.8) is 0 Å². The number of ether oxygens (including phenoxy) is 2. The lowest BCUT2D eigenvalue weighted by molar-refractivity contribution is 0.0860. The van der Waals surface area contributed by atoms with Gasteiger partial charge in [0.05, 0.1) is 13.2 Å². The van der Waals surface area contributed by atoms with Crippen molar-refractivity contribution in [2.45, 2.75) is 31.3 Å². The number of anilines is 1. The molecule has 3 heteroatoms. The Labute approximate surface area is 102 Å². The molecule has 2 aliphatic heterocycles. The summed E-state index contributed by atoms with van der Waals surface area (Å²) in [4.78, 5) is 0. The van der Waals surface area contributed by atoms with Crippen molar-refractivity contribution in [1.82, 2.24) is 0 Å². The number of rotatable bonds is 2. The maximum Gasteiger partial charge on any atom is 0.119 e. The van der Waals surface area contributed by atoms with E-state index in [1.807, 2.05) is 6.07 Å². The average molecular weight is 233 g/mol. The first kappa shape index (κ1) is 10.9. The molecule has 0 aromatic heterocycles. The van der Waals surface area contributed by atoms with Gasteiger partial charge in [0.25, 0.3) is 0 Å². The molecule has 3 nitrogen and oxygen atoms in total. The van der Waals surface area contributed by atoms with Gasteiger partial charge in [0.2, 0.25) is 0 Å². The van der Waals surface area contributed by atoms with E-state index < -0.39 is 0 Å². The molecule has 0 radical (unpaired) electrons. The largest absolute Gasteiger partial charge is 0.497 e. The molecule has 2 heterocycles. The molecule has 0 aliphatic carbocycles. The number of fused-ring (bicyclic) bond motifs is 1. The third kappa shape index (κ3) is 2.00. The van der Waals surface area contributed by atoms with Crippen LogP contribution in [0.2, 0.25) is 0 Å². The minimum absolute atomic E-state index is 0.406. The van der Waals surface area contributed by atoms with E-state index in [0.29, 0.717) is 12.0 Å². The zero-order chi connectivity index (χ0) is 11.7. The van der Waals surface area contributed by atoms with E-state index in [-0.39, 0.29) is 0 Å². The zero-order valence-electron chi connectivity index (χ0n) is 10.2. The molecule has 1 aromatic carbocycles. The van der Waals surface area contributed by atoms with Gasteiger partial charge in [-0.2, -0.15) is 0 Å². The molecule has 92 valence electrons. The van der Waals surface area contributed by atoms with Gasteiger partial charge in [-0.3, -0.25) is 0 Å². The lowest BCUT2D eigenvalue weighted by Gasteiger charge is -2.30. The summed E-state index contributed by atoms with van der Waals surface area (Å²) >= 11 is 0. The van der Waals surface area contributed by atoms with Crippen LogP contribution in [0, 0.1) is 0 Å². The highest BCUT2D eigenvalue weighted by atomic mass is 16.5. The van der Waals surface area contributed by atoms with E-state index >= 15 is 0 Å². The topological polar surface area (TPSA) is 30.5 Å². The molecule has 1 N–H and O–H groups in total. The maximum atomic E-state index is 5.85. The van der Waals surface area contributed by atoms with Crippen LogP contribution in [0.15, 0.2) is 18.2 Å². The maximum absolute atomic E-state index is 5.85. The molecule has 3 rings (SSSR count). The lowest BCUT2D eigenvalue weighted by atomic mass is 9.85. The Morgan fingerprint density at radius 1 is 1.35 bits per heavy atom. The van der Waals surface area contributed by atoms with Crippen LogP contribution in [-0.2, 0) is 4.74 Å². The second-order valence-electron chi connectivity index (χ2n) is 4.83. The molecule has 0 spiro atoms. The summed E-state index contributed by atoms with van der Waals surface area (Å²) in [6.45, 7) is 1.97. The lowest BCUT2D eigenvalue weighted by Crippen LogP contribution is -2.25. The summed E-state index contributed by atoms with van der Waals surface area (Å²) in [5.74, 6) is 1.47. The number of methoxy groups -OCH3 is 1. The van der Waals surface area contributed by atoms with Gasteiger partial charge in [-0.1, -0.05) is 0 Å². The van der Waals surface area contributed by atoms with Crippen LogP contribution in [0.4, 0.5) is 5.69 Å². The predicted octanol–water partition coefficient (Wildman–Crippen LogP) is 2.77. The first-order valence-corrected chi connectivity index (χ1v) is 6.42. The van der Waals surface area contributed by atoms with Gasteiger partial charge in [-0.15, -0.1) is 0 Å². The zero-order valence-corrected chi connectivity index (χ0v) is 10.2. The van der Waals surface area contributed by atoms with Gasteiger partial charge >= 0.3 is 0 Å². The predicted molar refractivity (Wildman–Crippen MR) is 67.8 cm³/mol. The molecular formula is C14H19NO2. The molecule has 2 atom stereocenters. The average Bonchev–Trinajstić information content (AvgIpc) is 2.91. The van der Waals surface area contributed by atoms with Gasteiger partial charge in [-0.05, 0) is 43.0 Å². The first-order valence-electron chi connectivity index (χ1n) is 6.42. The van der Waals surface area contributed by atoms with E-state index in [2.05, 4.69) is 17.4 Å². The quantitative estimate of drug-likeness (QED) is 0.852. The number of nitrogens with one attached hydrogen (secondary N) is 1. The van der Waals surface area contributed by atoms with E-state index in [1.165, 1.54) is 24.1 Å². The fourth-order valence-corrected chi connectivity index (χ4v) is 2.96. The summed E-state index contributed by atoms with van der Waals surface area (Å²) in [5.41, 5.74) is 2.61. The second-order valence-corrected chi connectivity index (χ2v) is 4.83. The van der Waals surface area contributed by atoms with Crippen molar-refractivity contribution in [2.75, 3.05) is 25.6 Å². The highest BCUT2D eigenvalue weighted by Gasteiger charge is 2.31. The van der Waals surface area contributed by atoms with E-state index in [9.17, 15) is 0 Å². The van der Waals surface area contributed by atoms with Gasteiger partial charge in [0.15, 0.2) is 0 Å². The smallest absolute Gasteiger partial charge is 0.119 e. The Bertz CT molecular complexity index is 399. The molecule has 1 aromatic rings. The van der Waals surface area contributed by atoms with Gasteiger partial charge in [0, 0.05) is 24.8 Å². The van der Waals surface area contributed by atoms with Crippen LogP contribution in [0.3, 0.4) is 0 Å². The van der Waals surface area contributed by atoms with E-state index in [0.717, 1.165) is 25.3 Å². The van der Waals surface area contributed by atoms with Crippen LogP contribution < -0.4 is 10.1 Å². The standard InChI is InChI=1S/C14H19NO2/c1-16-10-4-5-13-12(9-10)11(6-7-15-13)14-3-2-8-17-14/h4-5,9,11,14-15H,2-3,6-8H2,1H3. The highest BCUT2D eigenvalue weighted by Crippen LogP contribution is 2.39. The molecular weight excluding hydrogens is 214 g/mol. The number of hydrogen-bond donors (Lipinski definition) is 1. The summed E-state index contributed by atoms with van der Waals surface area (Å²) in [7, 11) is 1.72. The first-order chi connectivity index (χ1) is 8.38. The Hall–Kier alpha value is -1.22. The number of benzene rings is 1. The van der Waals surface area contributed by atoms with Gasteiger partial charge < -0.3 is 14.8 Å². The number of hydrogen-bond acceptors (Lipinski definition) is 3. The van der Waals surface area contributed by atoms with Crippen LogP contribution in [0.5, 0.6) is 5.75 Å². The third-order valence-corrected chi connectivity index (χ3v) is 3.84. The molecule has 2 unspecified atom stereocenters. The van der Waals surface area contributed by atoms with Crippen molar-refractivity contribution in [3.8, 4) is 5.75 Å². The summed E-state index contributed by atoms with van der Waals surface area (Å²) in [6.07, 6.45) is 3.96. The van der Waals surface area contributed by atoms with Crippen molar-refractivity contribution in [3.05, 3.63) is 23.8 Å². The van der Waals surface area contributed by atoms with Gasteiger partial charge in [0.1, 0.15) is 5.75 Å².